The van der Waals surface area contributed by atoms with Crippen LogP contribution in [-0.2, 0) is 0 Å². The molecule has 0 fully saturated rings. The highest BCUT2D eigenvalue weighted by atomic mass is 16.3. The van der Waals surface area contributed by atoms with Crippen molar-refractivity contribution in [1.82, 2.24) is 9.97 Å². The second kappa shape index (κ2) is 13.9. The maximum absolute atomic E-state index is 6.28. The molecular formula is C52H34N2O. The van der Waals surface area contributed by atoms with Gasteiger partial charge in [-0.15, -0.1) is 0 Å². The lowest BCUT2D eigenvalue weighted by Gasteiger charge is -2.19. The van der Waals surface area contributed by atoms with Crippen molar-refractivity contribution in [3.05, 3.63) is 206 Å². The molecule has 0 saturated carbocycles. The van der Waals surface area contributed by atoms with Gasteiger partial charge in [-0.1, -0.05) is 164 Å². The van der Waals surface area contributed by atoms with Crippen molar-refractivity contribution in [2.24, 2.45) is 0 Å². The molecule has 0 spiro atoms. The van der Waals surface area contributed by atoms with E-state index in [9.17, 15) is 0 Å². The van der Waals surface area contributed by atoms with Gasteiger partial charge in [0.05, 0.1) is 11.4 Å². The number of pyridine rings is 1. The van der Waals surface area contributed by atoms with Crippen LogP contribution < -0.4 is 0 Å². The average Bonchev–Trinajstić information content (AvgIpc) is 3.71. The van der Waals surface area contributed by atoms with Crippen LogP contribution in [0.1, 0.15) is 0 Å². The first-order chi connectivity index (χ1) is 27.2. The number of fused-ring (bicyclic) bond motifs is 2. The molecule has 0 aliphatic rings. The fourth-order valence-corrected chi connectivity index (χ4v) is 7.64. The van der Waals surface area contributed by atoms with E-state index >= 15 is 0 Å². The van der Waals surface area contributed by atoms with Gasteiger partial charge in [-0.2, -0.15) is 0 Å². The van der Waals surface area contributed by atoms with Gasteiger partial charge in [-0.3, -0.25) is 0 Å². The minimum absolute atomic E-state index is 0.626. The van der Waals surface area contributed by atoms with Crippen LogP contribution in [0.5, 0.6) is 0 Å². The van der Waals surface area contributed by atoms with Crippen LogP contribution >= 0.6 is 0 Å². The van der Waals surface area contributed by atoms with Crippen LogP contribution in [0.3, 0.4) is 0 Å². The zero-order chi connectivity index (χ0) is 36.6. The first-order valence-electron chi connectivity index (χ1n) is 18.6. The molecule has 0 N–H and O–H groups in total. The molecule has 2 heterocycles. The molecule has 0 saturated heterocycles. The van der Waals surface area contributed by atoms with Crippen LogP contribution in [0.25, 0.3) is 100 Å². The summed E-state index contributed by atoms with van der Waals surface area (Å²) in [7, 11) is 0. The molecule has 55 heavy (non-hydrogen) atoms. The summed E-state index contributed by atoms with van der Waals surface area (Å²) in [6, 6.07) is 72.5. The Labute approximate surface area is 319 Å². The number of rotatable bonds is 7. The molecule has 0 aliphatic carbocycles. The van der Waals surface area contributed by atoms with Crippen LogP contribution in [0.15, 0.2) is 211 Å². The minimum Gasteiger partial charge on any atom is -0.436 e. The number of hydrogen-bond acceptors (Lipinski definition) is 3. The molecule has 0 aliphatic heterocycles. The Morgan fingerprint density at radius 2 is 0.909 bits per heavy atom. The molecule has 8 aromatic carbocycles. The van der Waals surface area contributed by atoms with E-state index < -0.39 is 0 Å². The summed E-state index contributed by atoms with van der Waals surface area (Å²) < 4.78 is 6.28. The molecule has 0 amide bonds. The van der Waals surface area contributed by atoms with Crippen LogP contribution in [0.2, 0.25) is 0 Å². The third-order valence-corrected chi connectivity index (χ3v) is 10.3. The van der Waals surface area contributed by atoms with Gasteiger partial charge in [0.15, 0.2) is 5.58 Å². The molecule has 3 nitrogen and oxygen atoms in total. The standard InChI is InChI=1S/C52H34N2O/c1-4-16-36(17-5-1)48-32-42(33-49(53-48)37-18-6-2-7-19-37)43-24-12-13-26-45(43)46-29-27-35-15-10-11-25-44(35)51(46)41-23-14-22-39(31-41)40-28-30-47-50(34-40)55-52(54-47)38-20-8-3-9-21-38/h1-34H. The Balaban J connectivity index is 1.13. The summed E-state index contributed by atoms with van der Waals surface area (Å²) in [5, 5.41) is 2.40. The summed E-state index contributed by atoms with van der Waals surface area (Å²) in [5.74, 6) is 0.626. The van der Waals surface area contributed by atoms with Crippen molar-refractivity contribution < 1.29 is 4.42 Å². The molecular weight excluding hydrogens is 669 g/mol. The van der Waals surface area contributed by atoms with E-state index in [0.717, 1.165) is 72.6 Å². The third kappa shape index (κ3) is 6.18. The normalized spacial score (nSPS) is 11.3. The number of aromatic nitrogens is 2. The van der Waals surface area contributed by atoms with Gasteiger partial charge in [0.2, 0.25) is 5.89 Å². The topological polar surface area (TPSA) is 38.9 Å². The molecule has 10 aromatic rings. The van der Waals surface area contributed by atoms with Gasteiger partial charge >= 0.3 is 0 Å². The Morgan fingerprint density at radius 1 is 0.327 bits per heavy atom. The van der Waals surface area contributed by atoms with Crippen molar-refractivity contribution >= 4 is 21.9 Å². The van der Waals surface area contributed by atoms with Crippen molar-refractivity contribution in [1.29, 1.82) is 0 Å². The van der Waals surface area contributed by atoms with Crippen LogP contribution in [0.4, 0.5) is 0 Å². The summed E-state index contributed by atoms with van der Waals surface area (Å²) in [4.78, 5) is 9.94. The lowest BCUT2D eigenvalue weighted by molar-refractivity contribution is 0.620. The highest BCUT2D eigenvalue weighted by Gasteiger charge is 2.18. The summed E-state index contributed by atoms with van der Waals surface area (Å²) in [6.07, 6.45) is 0. The highest BCUT2D eigenvalue weighted by Crippen LogP contribution is 2.44. The number of hydrogen-bond donors (Lipinski definition) is 0. The summed E-state index contributed by atoms with van der Waals surface area (Å²) >= 11 is 0. The molecule has 0 unspecified atom stereocenters. The Morgan fingerprint density at radius 3 is 1.64 bits per heavy atom. The number of benzene rings is 8. The van der Waals surface area contributed by atoms with E-state index in [4.69, 9.17) is 14.4 Å². The summed E-state index contributed by atoms with van der Waals surface area (Å²) in [6.45, 7) is 0. The molecule has 0 radical (unpaired) electrons. The quantitative estimate of drug-likeness (QED) is 0.166. The Hall–Kier alpha value is -7.36. The summed E-state index contributed by atoms with van der Waals surface area (Å²) in [5.41, 5.74) is 15.7. The van der Waals surface area contributed by atoms with Gasteiger partial charge in [-0.25, -0.2) is 9.97 Å². The van der Waals surface area contributed by atoms with Gasteiger partial charge in [0.1, 0.15) is 5.52 Å². The van der Waals surface area contributed by atoms with Gasteiger partial charge < -0.3 is 4.42 Å². The first kappa shape index (κ1) is 32.3. The van der Waals surface area contributed by atoms with Crippen molar-refractivity contribution in [3.63, 3.8) is 0 Å². The van der Waals surface area contributed by atoms with E-state index in [-0.39, 0.29) is 0 Å². The largest absolute Gasteiger partial charge is 0.436 e. The highest BCUT2D eigenvalue weighted by molar-refractivity contribution is 6.06. The number of oxazole rings is 1. The Bertz CT molecular complexity index is 2910. The smallest absolute Gasteiger partial charge is 0.227 e. The lowest BCUT2D eigenvalue weighted by atomic mass is 9.85. The second-order valence-corrected chi connectivity index (χ2v) is 13.8. The molecule has 0 bridgehead atoms. The van der Waals surface area contributed by atoms with Gasteiger partial charge in [0, 0.05) is 16.7 Å². The van der Waals surface area contributed by atoms with Crippen LogP contribution in [0, 0.1) is 0 Å². The van der Waals surface area contributed by atoms with Crippen molar-refractivity contribution in [2.75, 3.05) is 0 Å². The SMILES string of the molecule is c1ccc(-c2cc(-c3ccccc3-c3ccc4ccccc4c3-c3cccc(-c4ccc5nc(-c6ccccc6)oc5c4)c3)cc(-c3ccccc3)n2)cc1. The van der Waals surface area contributed by atoms with E-state index in [1.807, 2.05) is 42.5 Å². The lowest BCUT2D eigenvalue weighted by Crippen LogP contribution is -1.94. The molecule has 2 aromatic heterocycles. The first-order valence-corrected chi connectivity index (χ1v) is 18.6. The number of nitrogens with zero attached hydrogens (tertiary/aromatic N) is 2. The molecule has 10 rings (SSSR count). The fourth-order valence-electron chi connectivity index (χ4n) is 7.64. The predicted octanol–water partition coefficient (Wildman–Crippen LogP) is 14.0. The minimum atomic E-state index is 0.626. The predicted molar refractivity (Wildman–Crippen MR) is 227 cm³/mol. The zero-order valence-corrected chi connectivity index (χ0v) is 29.9. The molecule has 0 atom stereocenters. The molecule has 3 heteroatoms. The van der Waals surface area contributed by atoms with Crippen molar-refractivity contribution in [2.45, 2.75) is 0 Å². The van der Waals surface area contributed by atoms with E-state index in [2.05, 4.69) is 164 Å². The monoisotopic (exact) mass is 702 g/mol. The van der Waals surface area contributed by atoms with E-state index in [0.29, 0.717) is 5.89 Å². The van der Waals surface area contributed by atoms with Crippen LogP contribution in [-0.4, -0.2) is 9.97 Å². The maximum Gasteiger partial charge on any atom is 0.227 e. The third-order valence-electron chi connectivity index (χ3n) is 10.3. The average molecular weight is 703 g/mol. The van der Waals surface area contributed by atoms with Gasteiger partial charge in [0.25, 0.3) is 0 Å². The molecule has 258 valence electrons. The van der Waals surface area contributed by atoms with Crippen molar-refractivity contribution in [3.8, 4) is 78.5 Å². The Kier molecular flexibility index (Phi) is 8.16. The second-order valence-electron chi connectivity index (χ2n) is 13.8. The fraction of sp³-hybridized carbons (Fsp3) is 0. The van der Waals surface area contributed by atoms with E-state index in [1.165, 1.54) is 21.9 Å². The van der Waals surface area contributed by atoms with E-state index in [1.54, 1.807) is 0 Å². The zero-order valence-electron chi connectivity index (χ0n) is 29.9. The van der Waals surface area contributed by atoms with Gasteiger partial charge in [-0.05, 0) is 97.7 Å². The maximum atomic E-state index is 6.28.